The van der Waals surface area contributed by atoms with Gasteiger partial charge in [0.15, 0.2) is 0 Å². The summed E-state index contributed by atoms with van der Waals surface area (Å²) >= 11 is 1.81. The largest absolute Gasteiger partial charge is 0.221 e. The number of aryl methyl sites for hydroxylation is 1. The van der Waals surface area contributed by atoms with Crippen molar-refractivity contribution in [1.29, 1.82) is 0 Å². The minimum Gasteiger partial charge on any atom is -0.204 e. The van der Waals surface area contributed by atoms with Crippen LogP contribution in [0.4, 0.5) is 0 Å². The maximum atomic E-state index is 3.55. The summed E-state index contributed by atoms with van der Waals surface area (Å²) in [5, 5.41) is 4.90. The van der Waals surface area contributed by atoms with E-state index >= 15 is 0 Å². The smallest absolute Gasteiger partial charge is 0.204 e. The van der Waals surface area contributed by atoms with Crippen molar-refractivity contribution in [2.24, 2.45) is 0 Å². The molecule has 2 aromatic rings. The van der Waals surface area contributed by atoms with Gasteiger partial charge in [0.25, 0.3) is 0 Å². The van der Waals surface area contributed by atoms with Crippen LogP contribution in [0, 0.1) is 6.92 Å². The summed E-state index contributed by atoms with van der Waals surface area (Å²) in [5.74, 6) is 0. The normalized spacial score (nSPS) is 11.6. The molecule has 2 aromatic carbocycles. The average molecular weight is 250 g/mol. The zero-order valence-corrected chi connectivity index (χ0v) is 10.8. The number of benzene rings is 2. The molecule has 0 bridgehead atoms. The number of aromatic nitrogens is 1. The van der Waals surface area contributed by atoms with Gasteiger partial charge in [-0.25, -0.2) is 4.98 Å². The second kappa shape index (κ2) is 3.53. The molecule has 2 aliphatic rings. The van der Waals surface area contributed by atoms with Crippen molar-refractivity contribution in [1.82, 2.24) is 0 Å². The van der Waals surface area contributed by atoms with Gasteiger partial charge in [-0.3, -0.25) is 0 Å². The predicted octanol–water partition coefficient (Wildman–Crippen LogP) is 4.28. The average Bonchev–Trinajstić information content (AvgIpc) is 2.77. The molecule has 0 amide bonds. The Morgan fingerprint density at radius 1 is 1.00 bits per heavy atom. The Bertz CT molecular complexity index is 844. The molecule has 4 rings (SSSR count). The molecule has 18 heavy (non-hydrogen) atoms. The molecule has 0 spiro atoms. The molecule has 0 saturated heterocycles. The molecule has 1 N–H and O–H groups in total. The van der Waals surface area contributed by atoms with Crippen LogP contribution in [0.5, 0.6) is 0 Å². The Labute approximate surface area is 109 Å². The third-order valence-corrected chi connectivity index (χ3v) is 4.42. The first-order chi connectivity index (χ1) is 8.83. The van der Waals surface area contributed by atoms with Crippen LogP contribution in [-0.4, -0.2) is 0 Å². The van der Waals surface area contributed by atoms with Crippen LogP contribution in [0.15, 0.2) is 47.8 Å². The lowest BCUT2D eigenvalue weighted by molar-refractivity contribution is -0.325. The van der Waals surface area contributed by atoms with Gasteiger partial charge in [0.2, 0.25) is 11.2 Å². The van der Waals surface area contributed by atoms with E-state index in [0.29, 0.717) is 0 Å². The van der Waals surface area contributed by atoms with Crippen LogP contribution >= 0.6 is 11.3 Å². The fourth-order valence-electron chi connectivity index (χ4n) is 2.56. The predicted molar refractivity (Wildman–Crippen MR) is 77.2 cm³/mol. The van der Waals surface area contributed by atoms with Crippen molar-refractivity contribution in [3.8, 4) is 11.3 Å². The molecule has 2 heteroatoms. The van der Waals surface area contributed by atoms with Crippen LogP contribution in [-0.2, 0) is 0 Å². The zero-order valence-electron chi connectivity index (χ0n) is 10.0. The molecule has 1 nitrogen and oxygen atoms in total. The highest BCUT2D eigenvalue weighted by atomic mass is 32.1. The summed E-state index contributed by atoms with van der Waals surface area (Å²) in [6.07, 6.45) is 0. The molecule has 0 aliphatic carbocycles. The van der Waals surface area contributed by atoms with Crippen LogP contribution in [0.1, 0.15) is 5.56 Å². The monoisotopic (exact) mass is 250 g/mol. The lowest BCUT2D eigenvalue weighted by Gasteiger charge is -1.98. The third kappa shape index (κ3) is 1.30. The summed E-state index contributed by atoms with van der Waals surface area (Å²) in [6, 6.07) is 15.2. The molecule has 0 aromatic heterocycles. The van der Waals surface area contributed by atoms with E-state index in [1.54, 1.807) is 0 Å². The number of nitrogens with one attached hydrogen (secondary N) is 1. The maximum Gasteiger partial charge on any atom is 0.221 e. The van der Waals surface area contributed by atoms with E-state index in [4.69, 9.17) is 0 Å². The van der Waals surface area contributed by atoms with Crippen molar-refractivity contribution in [3.05, 3.63) is 53.4 Å². The molecule has 0 atom stereocenters. The van der Waals surface area contributed by atoms with Gasteiger partial charge in [-0.15, -0.1) is 11.3 Å². The number of hydrogen-bond acceptors (Lipinski definition) is 1. The first-order valence-electron chi connectivity index (χ1n) is 6.04. The van der Waals surface area contributed by atoms with Gasteiger partial charge in [-0.2, -0.15) is 0 Å². The molecule has 0 radical (unpaired) electrons. The van der Waals surface area contributed by atoms with E-state index in [9.17, 15) is 0 Å². The minimum atomic E-state index is 1.22. The number of hydrogen-bond donors (Lipinski definition) is 0. The highest BCUT2D eigenvalue weighted by molar-refractivity contribution is 7.17. The molecule has 0 unspecified atom stereocenters. The Morgan fingerprint density at radius 3 is 2.83 bits per heavy atom. The van der Waals surface area contributed by atoms with Crippen LogP contribution in [0.25, 0.3) is 32.2 Å². The molecule has 86 valence electrons. The molecule has 0 saturated carbocycles. The first-order valence-corrected chi connectivity index (χ1v) is 6.92. The van der Waals surface area contributed by atoms with E-state index in [1.165, 1.54) is 37.8 Å². The fraction of sp³-hybridized carbons (Fsp3) is 0.0625. The number of aromatic amines is 1. The van der Waals surface area contributed by atoms with Gasteiger partial charge in [0, 0.05) is 16.1 Å². The molecular weight excluding hydrogens is 238 g/mol. The molecule has 2 aliphatic heterocycles. The van der Waals surface area contributed by atoms with E-state index in [0.717, 1.165) is 0 Å². The lowest BCUT2D eigenvalue weighted by Crippen LogP contribution is -2.00. The van der Waals surface area contributed by atoms with Crippen molar-refractivity contribution < 1.29 is 4.98 Å². The van der Waals surface area contributed by atoms with Crippen molar-refractivity contribution in [3.63, 3.8) is 0 Å². The standard InChI is InChI=1S/C16H11NS/c1-10-6-7-14-12(8-10)13-9-18-15-5-3-2-4-11(15)16(13)17-14/h2-9H,1H3/p+1. The SMILES string of the molecule is Cc1ccc2[nH+]c3c4ccccc4scc-3c2c1. The van der Waals surface area contributed by atoms with Crippen LogP contribution in [0.3, 0.4) is 0 Å². The van der Waals surface area contributed by atoms with Gasteiger partial charge < -0.3 is 0 Å². The Balaban J connectivity index is 2.24. The topological polar surface area (TPSA) is 14.1 Å². The van der Waals surface area contributed by atoms with Crippen molar-refractivity contribution >= 4 is 32.3 Å². The number of H-pyrrole nitrogens is 1. The second-order valence-electron chi connectivity index (χ2n) is 4.69. The van der Waals surface area contributed by atoms with Crippen molar-refractivity contribution in [2.45, 2.75) is 6.92 Å². The summed E-state index contributed by atoms with van der Waals surface area (Å²) in [7, 11) is 0. The van der Waals surface area contributed by atoms with Crippen LogP contribution < -0.4 is 4.98 Å². The Hall–Kier alpha value is -1.93. The summed E-state index contributed by atoms with van der Waals surface area (Å²) in [6.45, 7) is 2.14. The summed E-state index contributed by atoms with van der Waals surface area (Å²) in [5.41, 5.74) is 5.11. The molecule has 0 fully saturated rings. The van der Waals surface area contributed by atoms with Crippen molar-refractivity contribution in [2.75, 3.05) is 0 Å². The highest BCUT2D eigenvalue weighted by Gasteiger charge is 2.21. The zero-order chi connectivity index (χ0) is 12.1. The summed E-state index contributed by atoms with van der Waals surface area (Å²) < 4.78 is 1.33. The van der Waals surface area contributed by atoms with Gasteiger partial charge >= 0.3 is 0 Å². The molecular formula is C16H12NS+. The van der Waals surface area contributed by atoms with E-state index in [1.807, 2.05) is 11.3 Å². The fourth-order valence-corrected chi connectivity index (χ4v) is 3.50. The Morgan fingerprint density at radius 2 is 1.89 bits per heavy atom. The lowest BCUT2D eigenvalue weighted by atomic mass is 10.1. The highest BCUT2D eigenvalue weighted by Crippen LogP contribution is 2.36. The van der Waals surface area contributed by atoms with E-state index in [-0.39, 0.29) is 0 Å². The molecule has 2 heterocycles. The quantitative estimate of drug-likeness (QED) is 0.442. The second-order valence-corrected chi connectivity index (χ2v) is 5.61. The maximum absolute atomic E-state index is 3.55. The minimum absolute atomic E-state index is 1.22. The van der Waals surface area contributed by atoms with E-state index in [2.05, 4.69) is 59.8 Å². The first kappa shape index (κ1) is 10.0. The van der Waals surface area contributed by atoms with Crippen LogP contribution in [0.2, 0.25) is 0 Å². The number of rotatable bonds is 0. The summed E-state index contributed by atoms with van der Waals surface area (Å²) in [4.78, 5) is 3.55. The third-order valence-electron chi connectivity index (χ3n) is 3.45. The van der Waals surface area contributed by atoms with Gasteiger partial charge in [0.05, 0.1) is 16.3 Å². The Kier molecular flexibility index (Phi) is 1.97. The van der Waals surface area contributed by atoms with E-state index < -0.39 is 0 Å². The van der Waals surface area contributed by atoms with Gasteiger partial charge in [-0.1, -0.05) is 23.8 Å². The number of fused-ring (bicyclic) bond motifs is 5. The van der Waals surface area contributed by atoms with Gasteiger partial charge in [0.1, 0.15) is 0 Å². The van der Waals surface area contributed by atoms with Gasteiger partial charge in [-0.05, 0) is 25.1 Å².